The summed E-state index contributed by atoms with van der Waals surface area (Å²) >= 11 is 0. The van der Waals surface area contributed by atoms with Crippen LogP contribution < -0.4 is 0 Å². The number of ketones is 1. The molecule has 3 rings (SSSR count). The number of halogens is 1. The number of hydrogen-bond donors (Lipinski definition) is 2. The second-order valence-corrected chi connectivity index (χ2v) is 4.77. The fraction of sp³-hybridized carbons (Fsp3) is 0.0667. The summed E-state index contributed by atoms with van der Waals surface area (Å²) in [6.07, 6.45) is 5.21. The molecule has 0 amide bonds. The van der Waals surface area contributed by atoms with Crippen LogP contribution in [0.5, 0.6) is 0 Å². The number of rotatable bonds is 5. The van der Waals surface area contributed by atoms with Crippen LogP contribution in [0.3, 0.4) is 0 Å². The van der Waals surface area contributed by atoms with Gasteiger partial charge in [0.05, 0.1) is 18.3 Å². The normalized spacial score (nSPS) is 11.6. The Kier molecular flexibility index (Phi) is 3.96. The van der Waals surface area contributed by atoms with E-state index in [1.807, 2.05) is 0 Å². The standard InChI is InChI=1S/C15H12FN5O2/c16-12-3-1-2-10(4-12)7-21-8-11(6-19-21)13(22)5-14(23)15-17-9-18-20-15/h1-6,8-9,23H,7H2,(H,17,18,20). The Morgan fingerprint density at radius 2 is 2.30 bits per heavy atom. The quantitative estimate of drug-likeness (QED) is 0.426. The number of benzene rings is 1. The Morgan fingerprint density at radius 3 is 3.04 bits per heavy atom. The second-order valence-electron chi connectivity index (χ2n) is 4.77. The van der Waals surface area contributed by atoms with Gasteiger partial charge in [-0.25, -0.2) is 9.37 Å². The number of H-pyrrole nitrogens is 1. The number of aliphatic hydroxyl groups is 1. The van der Waals surface area contributed by atoms with Crippen molar-refractivity contribution in [2.75, 3.05) is 0 Å². The van der Waals surface area contributed by atoms with Crippen LogP contribution in [0.25, 0.3) is 5.76 Å². The number of nitrogens with zero attached hydrogens (tertiary/aromatic N) is 4. The van der Waals surface area contributed by atoms with Gasteiger partial charge in [-0.1, -0.05) is 12.1 Å². The molecule has 3 aromatic rings. The first kappa shape index (κ1) is 14.6. The molecule has 23 heavy (non-hydrogen) atoms. The smallest absolute Gasteiger partial charge is 0.215 e. The van der Waals surface area contributed by atoms with E-state index >= 15 is 0 Å². The first-order valence-corrected chi connectivity index (χ1v) is 6.70. The van der Waals surface area contributed by atoms with Crippen molar-refractivity contribution in [2.24, 2.45) is 0 Å². The molecule has 0 aliphatic carbocycles. The Labute approximate surface area is 130 Å². The molecule has 0 atom stereocenters. The van der Waals surface area contributed by atoms with E-state index < -0.39 is 5.78 Å². The molecule has 0 aliphatic heterocycles. The molecule has 1 aromatic carbocycles. The van der Waals surface area contributed by atoms with Gasteiger partial charge in [0.25, 0.3) is 0 Å². The van der Waals surface area contributed by atoms with Crippen LogP contribution in [0.15, 0.2) is 49.1 Å². The average Bonchev–Trinajstić information content (AvgIpc) is 3.18. The Bertz CT molecular complexity index is 854. The van der Waals surface area contributed by atoms with E-state index in [4.69, 9.17) is 0 Å². The molecule has 7 nitrogen and oxygen atoms in total. The number of aliphatic hydroxyl groups excluding tert-OH is 1. The van der Waals surface area contributed by atoms with E-state index in [-0.39, 0.29) is 17.4 Å². The third-order valence-corrected chi connectivity index (χ3v) is 3.06. The number of allylic oxidation sites excluding steroid dienone is 1. The molecule has 0 bridgehead atoms. The molecule has 8 heteroatoms. The molecular weight excluding hydrogens is 301 g/mol. The summed E-state index contributed by atoms with van der Waals surface area (Å²) in [6.45, 7) is 0.335. The fourth-order valence-corrected chi connectivity index (χ4v) is 2.00. The van der Waals surface area contributed by atoms with Gasteiger partial charge in [0, 0.05) is 12.3 Å². The van der Waals surface area contributed by atoms with Crippen LogP contribution in [-0.2, 0) is 6.54 Å². The maximum absolute atomic E-state index is 13.1. The zero-order chi connectivity index (χ0) is 16.2. The van der Waals surface area contributed by atoms with Crippen LogP contribution in [0.1, 0.15) is 21.7 Å². The van der Waals surface area contributed by atoms with E-state index in [0.717, 1.165) is 11.6 Å². The highest BCUT2D eigenvalue weighted by Crippen LogP contribution is 2.10. The van der Waals surface area contributed by atoms with Crippen LogP contribution in [-0.4, -0.2) is 35.9 Å². The molecule has 0 saturated carbocycles. The lowest BCUT2D eigenvalue weighted by atomic mass is 10.2. The lowest BCUT2D eigenvalue weighted by Gasteiger charge is -2.01. The van der Waals surface area contributed by atoms with Crippen molar-refractivity contribution in [2.45, 2.75) is 6.54 Å². The van der Waals surface area contributed by atoms with Crippen molar-refractivity contribution >= 4 is 11.5 Å². The maximum Gasteiger partial charge on any atom is 0.215 e. The summed E-state index contributed by atoms with van der Waals surface area (Å²) < 4.78 is 14.7. The van der Waals surface area contributed by atoms with Crippen LogP contribution in [0, 0.1) is 5.82 Å². The number of carbonyl (C=O) groups is 1. The van der Waals surface area contributed by atoms with E-state index in [1.165, 1.54) is 35.5 Å². The third-order valence-electron chi connectivity index (χ3n) is 3.06. The summed E-state index contributed by atoms with van der Waals surface area (Å²) in [5, 5.41) is 19.9. The summed E-state index contributed by atoms with van der Waals surface area (Å²) in [4.78, 5) is 15.8. The van der Waals surface area contributed by atoms with Gasteiger partial charge in [-0.05, 0) is 17.7 Å². The van der Waals surface area contributed by atoms with Gasteiger partial charge in [-0.3, -0.25) is 14.6 Å². The molecule has 2 N–H and O–H groups in total. The number of aromatic amines is 1. The minimum atomic E-state index is -0.433. The minimum Gasteiger partial charge on any atom is -0.504 e. The second kappa shape index (κ2) is 6.22. The molecule has 116 valence electrons. The van der Waals surface area contributed by atoms with Crippen molar-refractivity contribution in [1.29, 1.82) is 0 Å². The molecule has 2 heterocycles. The van der Waals surface area contributed by atoms with Gasteiger partial charge in [0.15, 0.2) is 11.5 Å². The van der Waals surface area contributed by atoms with Gasteiger partial charge in [-0.2, -0.15) is 10.2 Å². The van der Waals surface area contributed by atoms with Gasteiger partial charge in [0.2, 0.25) is 5.82 Å². The number of aromatic nitrogens is 5. The molecule has 2 aromatic heterocycles. The van der Waals surface area contributed by atoms with Gasteiger partial charge < -0.3 is 5.11 Å². The highest BCUT2D eigenvalue weighted by Gasteiger charge is 2.11. The molecule has 0 unspecified atom stereocenters. The zero-order valence-electron chi connectivity index (χ0n) is 11.8. The molecule has 0 aliphatic rings. The zero-order valence-corrected chi connectivity index (χ0v) is 11.8. The van der Waals surface area contributed by atoms with Crippen molar-refractivity contribution in [3.8, 4) is 0 Å². The lowest BCUT2D eigenvalue weighted by Crippen LogP contribution is -2.01. The van der Waals surface area contributed by atoms with Gasteiger partial charge in [-0.15, -0.1) is 0 Å². The topological polar surface area (TPSA) is 96.7 Å². The monoisotopic (exact) mass is 313 g/mol. The van der Waals surface area contributed by atoms with Crippen molar-refractivity contribution < 1.29 is 14.3 Å². The van der Waals surface area contributed by atoms with E-state index in [9.17, 15) is 14.3 Å². The van der Waals surface area contributed by atoms with Gasteiger partial charge >= 0.3 is 0 Å². The number of carbonyl (C=O) groups excluding carboxylic acids is 1. The summed E-state index contributed by atoms with van der Waals surface area (Å²) in [5.74, 6) is -1.07. The fourth-order valence-electron chi connectivity index (χ4n) is 2.00. The third kappa shape index (κ3) is 3.49. The lowest BCUT2D eigenvalue weighted by molar-refractivity contribution is 0.104. The summed E-state index contributed by atoms with van der Waals surface area (Å²) in [5.41, 5.74) is 1.02. The molecule has 0 saturated heterocycles. The maximum atomic E-state index is 13.1. The first-order chi connectivity index (χ1) is 11.1. The van der Waals surface area contributed by atoms with Gasteiger partial charge in [0.1, 0.15) is 12.1 Å². The predicted octanol–water partition coefficient (Wildman–Crippen LogP) is 1.97. The average molecular weight is 313 g/mol. The van der Waals surface area contributed by atoms with Crippen LogP contribution >= 0.6 is 0 Å². The largest absolute Gasteiger partial charge is 0.504 e. The van der Waals surface area contributed by atoms with E-state index in [0.29, 0.717) is 12.1 Å². The summed E-state index contributed by atoms with van der Waals surface area (Å²) in [7, 11) is 0. The SMILES string of the molecule is O=C(C=C(O)c1nc[nH]n1)c1cnn(Cc2cccc(F)c2)c1. The van der Waals surface area contributed by atoms with Crippen molar-refractivity contribution in [3.63, 3.8) is 0 Å². The Balaban J connectivity index is 1.74. The van der Waals surface area contributed by atoms with Crippen LogP contribution in [0.4, 0.5) is 4.39 Å². The number of hydrogen-bond acceptors (Lipinski definition) is 5. The molecular formula is C15H12FN5O2. The Hall–Kier alpha value is -3.29. The van der Waals surface area contributed by atoms with Crippen LogP contribution in [0.2, 0.25) is 0 Å². The highest BCUT2D eigenvalue weighted by molar-refractivity contribution is 6.07. The molecule has 0 radical (unpaired) electrons. The minimum absolute atomic E-state index is 0.0329. The first-order valence-electron chi connectivity index (χ1n) is 6.70. The van der Waals surface area contributed by atoms with Crippen molar-refractivity contribution in [3.05, 3.63) is 71.8 Å². The summed E-state index contributed by atoms with van der Waals surface area (Å²) in [6, 6.07) is 6.13. The predicted molar refractivity (Wildman–Crippen MR) is 79.0 cm³/mol. The van der Waals surface area contributed by atoms with Crippen molar-refractivity contribution in [1.82, 2.24) is 25.0 Å². The highest BCUT2D eigenvalue weighted by atomic mass is 19.1. The van der Waals surface area contributed by atoms with E-state index in [1.54, 1.807) is 12.1 Å². The van der Waals surface area contributed by atoms with E-state index in [2.05, 4.69) is 20.3 Å². The Morgan fingerprint density at radius 1 is 1.43 bits per heavy atom. The number of nitrogens with one attached hydrogen (secondary N) is 1. The molecule has 0 fully saturated rings. The molecule has 0 spiro atoms.